The number of halogens is 2. The molecule has 4 nitrogen and oxygen atoms in total. The van der Waals surface area contributed by atoms with Crippen LogP contribution < -0.4 is 0 Å². The molecule has 0 N–H and O–H groups in total. The first-order valence-corrected chi connectivity index (χ1v) is 9.47. The smallest absolute Gasteiger partial charge is 0.222 e. The zero-order valence-electron chi connectivity index (χ0n) is 16.1. The molecule has 1 aliphatic rings. The number of oxime groups is 1. The van der Waals surface area contributed by atoms with E-state index >= 15 is 0 Å². The number of benzene rings is 2. The molecule has 2 aromatic rings. The first-order chi connectivity index (χ1) is 13.5. The van der Waals surface area contributed by atoms with Gasteiger partial charge in [0.25, 0.3) is 0 Å². The van der Waals surface area contributed by atoms with E-state index in [1.807, 2.05) is 38.1 Å². The number of hydrogen-bond acceptors (Lipinski definition) is 3. The van der Waals surface area contributed by atoms with Crippen LogP contribution in [-0.2, 0) is 16.2 Å². The fourth-order valence-corrected chi connectivity index (χ4v) is 3.17. The Morgan fingerprint density at radius 3 is 2.64 bits per heavy atom. The van der Waals surface area contributed by atoms with E-state index in [9.17, 15) is 13.6 Å². The minimum absolute atomic E-state index is 0.0741. The van der Waals surface area contributed by atoms with E-state index in [1.54, 1.807) is 4.90 Å². The highest BCUT2D eigenvalue weighted by Gasteiger charge is 2.27. The summed E-state index contributed by atoms with van der Waals surface area (Å²) in [6.45, 7) is 4.31. The predicted molar refractivity (Wildman–Crippen MR) is 104 cm³/mol. The molecule has 0 aliphatic carbocycles. The van der Waals surface area contributed by atoms with Crippen LogP contribution in [0.3, 0.4) is 0 Å². The molecule has 0 spiro atoms. The van der Waals surface area contributed by atoms with Gasteiger partial charge in [0.15, 0.2) is 6.10 Å². The van der Waals surface area contributed by atoms with E-state index in [1.165, 1.54) is 12.1 Å². The van der Waals surface area contributed by atoms with Gasteiger partial charge in [0.2, 0.25) is 5.91 Å². The lowest BCUT2D eigenvalue weighted by Gasteiger charge is -2.25. The Hall–Kier alpha value is -2.76. The molecule has 1 unspecified atom stereocenters. The van der Waals surface area contributed by atoms with Crippen molar-refractivity contribution >= 4 is 11.6 Å². The van der Waals surface area contributed by atoms with Crippen LogP contribution in [0.25, 0.3) is 0 Å². The highest BCUT2D eigenvalue weighted by molar-refractivity contribution is 6.01. The molecule has 0 radical (unpaired) electrons. The number of carbonyl (C=O) groups excluding carboxylic acids is 1. The molecule has 0 aromatic heterocycles. The zero-order valence-corrected chi connectivity index (χ0v) is 16.1. The lowest BCUT2D eigenvalue weighted by atomic mass is 10.0. The van der Waals surface area contributed by atoms with Crippen molar-refractivity contribution in [2.75, 3.05) is 6.54 Å². The standard InChI is InChI=1S/C22H24F2N2O2/c1-3-4-22(27)26(13-17-9-10-18(23)11-20(17)24)14-19-12-21(25-28-19)16-7-5-15(2)6-8-16/h5-11,19H,3-4,12-14H2,1-2H3. The molecular formula is C22H24F2N2O2. The van der Waals surface area contributed by atoms with Gasteiger partial charge in [-0.3, -0.25) is 4.79 Å². The number of rotatable bonds is 7. The van der Waals surface area contributed by atoms with Gasteiger partial charge >= 0.3 is 0 Å². The van der Waals surface area contributed by atoms with Gasteiger partial charge in [-0.2, -0.15) is 0 Å². The minimum Gasteiger partial charge on any atom is -0.390 e. The van der Waals surface area contributed by atoms with Crippen LogP contribution in [0.4, 0.5) is 8.78 Å². The highest BCUT2D eigenvalue weighted by Crippen LogP contribution is 2.20. The van der Waals surface area contributed by atoms with Crippen LogP contribution in [0.1, 0.15) is 42.9 Å². The Balaban J connectivity index is 1.68. The largest absolute Gasteiger partial charge is 0.390 e. The summed E-state index contributed by atoms with van der Waals surface area (Å²) >= 11 is 0. The Morgan fingerprint density at radius 1 is 1.21 bits per heavy atom. The normalized spacial score (nSPS) is 15.9. The quantitative estimate of drug-likeness (QED) is 0.698. The molecule has 2 aromatic carbocycles. The highest BCUT2D eigenvalue weighted by atomic mass is 19.1. The third kappa shape index (κ3) is 4.94. The molecule has 148 valence electrons. The molecule has 1 amide bonds. The Kier molecular flexibility index (Phi) is 6.39. The third-order valence-electron chi connectivity index (χ3n) is 4.73. The summed E-state index contributed by atoms with van der Waals surface area (Å²) in [5, 5.41) is 4.17. The van der Waals surface area contributed by atoms with Gasteiger partial charge in [-0.1, -0.05) is 48.0 Å². The summed E-state index contributed by atoms with van der Waals surface area (Å²) in [7, 11) is 0. The first-order valence-electron chi connectivity index (χ1n) is 9.47. The molecular weight excluding hydrogens is 362 g/mol. The minimum atomic E-state index is -0.654. The van der Waals surface area contributed by atoms with E-state index in [-0.39, 0.29) is 24.1 Å². The van der Waals surface area contributed by atoms with Crippen LogP contribution >= 0.6 is 0 Å². The molecule has 0 saturated carbocycles. The average molecular weight is 386 g/mol. The van der Waals surface area contributed by atoms with Crippen LogP contribution in [0.15, 0.2) is 47.6 Å². The van der Waals surface area contributed by atoms with E-state index < -0.39 is 11.6 Å². The van der Waals surface area contributed by atoms with Crippen LogP contribution in [0.5, 0.6) is 0 Å². The number of hydrogen-bond donors (Lipinski definition) is 0. The summed E-state index contributed by atoms with van der Waals surface area (Å²) in [5.41, 5.74) is 3.27. The topological polar surface area (TPSA) is 41.9 Å². The van der Waals surface area contributed by atoms with Crippen molar-refractivity contribution < 1.29 is 18.4 Å². The molecule has 1 aliphatic heterocycles. The van der Waals surface area contributed by atoms with Crippen molar-refractivity contribution in [3.8, 4) is 0 Å². The van der Waals surface area contributed by atoms with Crippen molar-refractivity contribution in [2.45, 2.75) is 45.8 Å². The maximum atomic E-state index is 14.1. The SMILES string of the molecule is CCCC(=O)N(Cc1ccc(F)cc1F)CC1CC(c2ccc(C)cc2)=NO1. The monoisotopic (exact) mass is 386 g/mol. The third-order valence-corrected chi connectivity index (χ3v) is 4.73. The molecule has 6 heteroatoms. The van der Waals surface area contributed by atoms with Crippen molar-refractivity contribution in [1.29, 1.82) is 0 Å². The zero-order chi connectivity index (χ0) is 20.1. The van der Waals surface area contributed by atoms with E-state index in [0.717, 1.165) is 22.9 Å². The van der Waals surface area contributed by atoms with Crippen molar-refractivity contribution in [2.24, 2.45) is 5.16 Å². The molecule has 0 fully saturated rings. The number of carbonyl (C=O) groups is 1. The Bertz CT molecular complexity index is 865. The van der Waals surface area contributed by atoms with Crippen LogP contribution in [-0.4, -0.2) is 29.2 Å². The summed E-state index contributed by atoms with van der Waals surface area (Å²) < 4.78 is 27.2. The molecule has 1 heterocycles. The fraction of sp³-hybridized carbons (Fsp3) is 0.364. The van der Waals surface area contributed by atoms with Crippen molar-refractivity contribution in [3.63, 3.8) is 0 Å². The van der Waals surface area contributed by atoms with Crippen LogP contribution in [0.2, 0.25) is 0 Å². The maximum Gasteiger partial charge on any atom is 0.222 e. The van der Waals surface area contributed by atoms with Gasteiger partial charge in [0.05, 0.1) is 12.3 Å². The van der Waals surface area contributed by atoms with Gasteiger partial charge in [-0.05, 0) is 25.0 Å². The second kappa shape index (κ2) is 8.95. The Labute approximate surface area is 163 Å². The summed E-state index contributed by atoms with van der Waals surface area (Å²) in [6, 6.07) is 11.4. The van der Waals surface area contributed by atoms with E-state index in [2.05, 4.69) is 5.16 Å². The fourth-order valence-electron chi connectivity index (χ4n) is 3.17. The predicted octanol–water partition coefficient (Wildman–Crippen LogP) is 4.60. The molecule has 3 rings (SSSR count). The maximum absolute atomic E-state index is 14.1. The number of aryl methyl sites for hydroxylation is 1. The molecule has 28 heavy (non-hydrogen) atoms. The molecule has 0 bridgehead atoms. The second-order valence-corrected chi connectivity index (χ2v) is 7.10. The van der Waals surface area contributed by atoms with Gasteiger partial charge < -0.3 is 9.74 Å². The van der Waals surface area contributed by atoms with Crippen LogP contribution in [0, 0.1) is 18.6 Å². The van der Waals surface area contributed by atoms with Gasteiger partial charge in [-0.25, -0.2) is 8.78 Å². The van der Waals surface area contributed by atoms with E-state index in [4.69, 9.17) is 4.84 Å². The summed E-state index contributed by atoms with van der Waals surface area (Å²) in [5.74, 6) is -1.38. The van der Waals surface area contributed by atoms with Crippen molar-refractivity contribution in [1.82, 2.24) is 4.90 Å². The number of nitrogens with zero attached hydrogens (tertiary/aromatic N) is 2. The van der Waals surface area contributed by atoms with Gasteiger partial charge in [0.1, 0.15) is 11.6 Å². The molecule has 1 atom stereocenters. The summed E-state index contributed by atoms with van der Waals surface area (Å²) in [4.78, 5) is 19.6. The van der Waals surface area contributed by atoms with Gasteiger partial charge in [-0.15, -0.1) is 0 Å². The lowest BCUT2D eigenvalue weighted by Crippen LogP contribution is -2.37. The van der Waals surface area contributed by atoms with E-state index in [0.29, 0.717) is 25.8 Å². The van der Waals surface area contributed by atoms with Crippen molar-refractivity contribution in [3.05, 3.63) is 70.8 Å². The summed E-state index contributed by atoms with van der Waals surface area (Å²) in [6.07, 6.45) is 1.34. The Morgan fingerprint density at radius 2 is 1.96 bits per heavy atom. The average Bonchev–Trinajstić information content (AvgIpc) is 3.12. The van der Waals surface area contributed by atoms with Gasteiger partial charge in [0, 0.05) is 31.0 Å². The number of amides is 1. The second-order valence-electron chi connectivity index (χ2n) is 7.10. The molecule has 0 saturated heterocycles. The first kappa shape index (κ1) is 20.0. The lowest BCUT2D eigenvalue weighted by molar-refractivity contribution is -0.133.